The summed E-state index contributed by atoms with van der Waals surface area (Å²) in [6.45, 7) is 12.2. The molecule has 7 nitrogen and oxygen atoms in total. The molecule has 2 rings (SSSR count). The number of morpholine rings is 1. The van der Waals surface area contributed by atoms with Crippen molar-refractivity contribution in [3.63, 3.8) is 0 Å². The Hall–Kier alpha value is -0.860. The summed E-state index contributed by atoms with van der Waals surface area (Å²) in [4.78, 5) is 8.85. The normalized spacial score (nSPS) is 29.3. The smallest absolute Gasteiger partial charge is 0.193 e. The molecular weight excluding hydrogens is 328 g/mol. The lowest BCUT2D eigenvalue weighted by molar-refractivity contribution is -0.0175. The lowest BCUT2D eigenvalue weighted by Gasteiger charge is -2.41. The van der Waals surface area contributed by atoms with Gasteiger partial charge < -0.3 is 15.0 Å². The molecule has 8 heteroatoms. The minimum Gasteiger partial charge on any atom is -0.379 e. The molecule has 1 N–H and O–H groups in total. The number of nitrogens with zero attached hydrogens (tertiary/aromatic N) is 3. The fraction of sp³-hybridized carbons (Fsp3) is 0.938. The number of hydrogen-bond acceptors (Lipinski definition) is 5. The quantitative estimate of drug-likeness (QED) is 0.572. The number of ether oxygens (including phenoxy) is 1. The van der Waals surface area contributed by atoms with E-state index in [2.05, 4.69) is 34.0 Å². The molecule has 140 valence electrons. The molecule has 0 aromatic rings. The summed E-state index contributed by atoms with van der Waals surface area (Å²) in [5.74, 6) is 0.960. The van der Waals surface area contributed by atoms with Crippen molar-refractivity contribution in [3.8, 4) is 0 Å². The second-order valence-corrected chi connectivity index (χ2v) is 10.2. The van der Waals surface area contributed by atoms with Gasteiger partial charge in [0.1, 0.15) is 0 Å². The van der Waals surface area contributed by atoms with E-state index in [4.69, 9.17) is 4.74 Å². The topological polar surface area (TPSA) is 74.2 Å². The van der Waals surface area contributed by atoms with E-state index in [1.807, 2.05) is 0 Å². The molecule has 2 saturated heterocycles. The first-order valence-corrected chi connectivity index (χ1v) is 10.3. The summed E-state index contributed by atoms with van der Waals surface area (Å²) < 4.78 is 29.1. The molecule has 0 saturated carbocycles. The van der Waals surface area contributed by atoms with Crippen LogP contribution in [0.5, 0.6) is 0 Å². The van der Waals surface area contributed by atoms with Gasteiger partial charge >= 0.3 is 0 Å². The Labute approximate surface area is 146 Å². The predicted molar refractivity (Wildman–Crippen MR) is 97.2 cm³/mol. The fourth-order valence-corrected chi connectivity index (χ4v) is 4.77. The minimum absolute atomic E-state index is 0.177. The van der Waals surface area contributed by atoms with Crippen LogP contribution in [0.15, 0.2) is 4.99 Å². The van der Waals surface area contributed by atoms with Crippen molar-refractivity contribution < 1.29 is 13.2 Å². The molecule has 2 aliphatic rings. The van der Waals surface area contributed by atoms with E-state index >= 15 is 0 Å². The fourth-order valence-electron chi connectivity index (χ4n) is 3.41. The van der Waals surface area contributed by atoms with E-state index in [-0.39, 0.29) is 5.75 Å². The van der Waals surface area contributed by atoms with Crippen LogP contribution in [-0.2, 0) is 14.6 Å². The zero-order chi connectivity index (χ0) is 18.0. The van der Waals surface area contributed by atoms with Crippen LogP contribution in [0.4, 0.5) is 0 Å². The Morgan fingerprint density at radius 2 is 2.12 bits per heavy atom. The van der Waals surface area contributed by atoms with Crippen molar-refractivity contribution in [3.05, 3.63) is 0 Å². The number of sulfone groups is 1. The monoisotopic (exact) mass is 360 g/mol. The van der Waals surface area contributed by atoms with Crippen LogP contribution in [0.3, 0.4) is 0 Å². The molecular formula is C16H32N4O3S. The summed E-state index contributed by atoms with van der Waals surface area (Å²) in [5, 5.41) is 3.42. The van der Waals surface area contributed by atoms with Crippen LogP contribution in [-0.4, -0.2) is 93.2 Å². The van der Waals surface area contributed by atoms with Gasteiger partial charge in [-0.1, -0.05) is 0 Å². The molecule has 0 spiro atoms. The van der Waals surface area contributed by atoms with Gasteiger partial charge in [0.15, 0.2) is 15.8 Å². The van der Waals surface area contributed by atoms with Gasteiger partial charge in [-0.05, 0) is 27.7 Å². The Morgan fingerprint density at radius 1 is 1.42 bits per heavy atom. The highest BCUT2D eigenvalue weighted by atomic mass is 32.2. The van der Waals surface area contributed by atoms with Crippen molar-refractivity contribution in [2.24, 2.45) is 4.99 Å². The number of aliphatic imine (C=N–C) groups is 1. The molecule has 0 aromatic heterocycles. The molecule has 0 aromatic carbocycles. The van der Waals surface area contributed by atoms with Crippen LogP contribution < -0.4 is 5.32 Å². The molecule has 24 heavy (non-hydrogen) atoms. The lowest BCUT2D eigenvalue weighted by Crippen LogP contribution is -2.58. The summed E-state index contributed by atoms with van der Waals surface area (Å²) in [5.41, 5.74) is 0. The van der Waals surface area contributed by atoms with Crippen molar-refractivity contribution in [2.75, 3.05) is 52.2 Å². The average molecular weight is 361 g/mol. The van der Waals surface area contributed by atoms with E-state index in [9.17, 15) is 8.42 Å². The van der Waals surface area contributed by atoms with Crippen molar-refractivity contribution in [2.45, 2.75) is 44.5 Å². The van der Waals surface area contributed by atoms with Crippen LogP contribution in [0.1, 0.15) is 27.7 Å². The summed E-state index contributed by atoms with van der Waals surface area (Å²) in [6.07, 6.45) is 0. The van der Waals surface area contributed by atoms with Gasteiger partial charge in [0.2, 0.25) is 0 Å². The number of hydrogen-bond donors (Lipinski definition) is 1. The van der Waals surface area contributed by atoms with Crippen molar-refractivity contribution >= 4 is 15.8 Å². The molecule has 2 atom stereocenters. The molecule has 0 amide bonds. The molecule has 0 aliphatic carbocycles. The van der Waals surface area contributed by atoms with Crippen LogP contribution in [0.2, 0.25) is 0 Å². The Kier molecular flexibility index (Phi) is 6.14. The average Bonchev–Trinajstić information content (AvgIpc) is 2.51. The maximum absolute atomic E-state index is 12.2. The molecule has 0 bridgehead atoms. The van der Waals surface area contributed by atoms with Crippen molar-refractivity contribution in [1.82, 2.24) is 15.1 Å². The first-order valence-electron chi connectivity index (χ1n) is 8.69. The maximum Gasteiger partial charge on any atom is 0.193 e. The number of guanidine groups is 1. The lowest BCUT2D eigenvalue weighted by atomic mass is 10.2. The highest BCUT2D eigenvalue weighted by Crippen LogP contribution is 2.23. The van der Waals surface area contributed by atoms with Gasteiger partial charge in [0, 0.05) is 45.3 Å². The second-order valence-electron chi connectivity index (χ2n) is 7.44. The van der Waals surface area contributed by atoms with Crippen molar-refractivity contribution in [1.29, 1.82) is 0 Å². The van der Waals surface area contributed by atoms with E-state index in [1.54, 1.807) is 20.9 Å². The zero-order valence-electron chi connectivity index (χ0n) is 15.6. The third-order valence-corrected chi connectivity index (χ3v) is 7.63. The van der Waals surface area contributed by atoms with Gasteiger partial charge in [-0.3, -0.25) is 9.89 Å². The highest BCUT2D eigenvalue weighted by Gasteiger charge is 2.41. The minimum atomic E-state index is -3.04. The van der Waals surface area contributed by atoms with Crippen LogP contribution in [0.25, 0.3) is 0 Å². The third-order valence-electron chi connectivity index (χ3n) is 5.10. The Bertz CT molecular complexity index is 562. The predicted octanol–water partition coefficient (Wildman–Crippen LogP) is 0.180. The Morgan fingerprint density at radius 3 is 2.71 bits per heavy atom. The first-order chi connectivity index (χ1) is 11.2. The highest BCUT2D eigenvalue weighted by molar-refractivity contribution is 7.92. The van der Waals surface area contributed by atoms with E-state index in [0.717, 1.165) is 32.3 Å². The molecule has 0 radical (unpaired) electrons. The van der Waals surface area contributed by atoms with Gasteiger partial charge in [0.05, 0.1) is 23.7 Å². The molecule has 2 unspecified atom stereocenters. The van der Waals surface area contributed by atoms with Crippen LogP contribution >= 0.6 is 0 Å². The molecule has 2 heterocycles. The second kappa shape index (κ2) is 7.58. The first kappa shape index (κ1) is 19.5. The summed E-state index contributed by atoms with van der Waals surface area (Å²) >= 11 is 0. The maximum atomic E-state index is 12.2. The standard InChI is InChI=1S/C16H32N4O3S/c1-13(20-6-8-23-11-14(20)2)10-18-15(17-5)19-7-9-24(21,22)16(3,4)12-19/h13-14H,6-12H2,1-5H3,(H,17,18). The van der Waals surface area contributed by atoms with Gasteiger partial charge in [0.25, 0.3) is 0 Å². The Balaban J connectivity index is 1.93. The molecule has 2 fully saturated rings. The van der Waals surface area contributed by atoms with E-state index in [1.165, 1.54) is 0 Å². The van der Waals surface area contributed by atoms with E-state index in [0.29, 0.717) is 25.2 Å². The molecule has 2 aliphatic heterocycles. The van der Waals surface area contributed by atoms with Gasteiger partial charge in [-0.25, -0.2) is 8.42 Å². The van der Waals surface area contributed by atoms with E-state index < -0.39 is 14.6 Å². The SMILES string of the molecule is CN=C(NCC(C)N1CCOCC1C)N1CCS(=O)(=O)C(C)(C)C1. The van der Waals surface area contributed by atoms with Gasteiger partial charge in [-0.2, -0.15) is 0 Å². The van der Waals surface area contributed by atoms with Crippen LogP contribution in [0, 0.1) is 0 Å². The number of nitrogens with one attached hydrogen (secondary N) is 1. The zero-order valence-corrected chi connectivity index (χ0v) is 16.4. The number of rotatable bonds is 3. The third kappa shape index (κ3) is 4.21. The van der Waals surface area contributed by atoms with Gasteiger partial charge in [-0.15, -0.1) is 0 Å². The summed E-state index contributed by atoms with van der Waals surface area (Å²) in [6, 6.07) is 0.777. The summed E-state index contributed by atoms with van der Waals surface area (Å²) in [7, 11) is -1.29. The largest absolute Gasteiger partial charge is 0.379 e.